The summed E-state index contributed by atoms with van der Waals surface area (Å²) < 4.78 is 0. The zero-order chi connectivity index (χ0) is 12.3. The van der Waals surface area contributed by atoms with Gasteiger partial charge in [0.05, 0.1) is 17.5 Å². The minimum atomic E-state index is -0.0172. The second-order valence-corrected chi connectivity index (χ2v) is 5.73. The molecule has 0 radical (unpaired) electrons. The van der Waals surface area contributed by atoms with Crippen LogP contribution in [0.3, 0.4) is 0 Å². The van der Waals surface area contributed by atoms with Crippen molar-refractivity contribution in [3.8, 4) is 0 Å². The fourth-order valence-corrected chi connectivity index (χ4v) is 4.24. The maximum atomic E-state index is 12.5. The van der Waals surface area contributed by atoms with E-state index in [4.69, 9.17) is 0 Å². The molecule has 1 aromatic rings. The Morgan fingerprint density at radius 1 is 0.889 bits per heavy atom. The summed E-state index contributed by atoms with van der Waals surface area (Å²) in [6.07, 6.45) is 3.36. The molecule has 3 heteroatoms. The minimum absolute atomic E-state index is 0.0172. The summed E-state index contributed by atoms with van der Waals surface area (Å²) in [6.45, 7) is 0. The highest BCUT2D eigenvalue weighted by Gasteiger charge is 2.61. The summed E-state index contributed by atoms with van der Waals surface area (Å²) >= 11 is 0. The van der Waals surface area contributed by atoms with Crippen molar-refractivity contribution in [3.63, 3.8) is 0 Å². The van der Waals surface area contributed by atoms with Gasteiger partial charge in [0.25, 0.3) is 0 Å². The number of fused-ring (bicyclic) bond motifs is 5. The maximum absolute atomic E-state index is 12.5. The number of imide groups is 1. The quantitative estimate of drug-likeness (QED) is 0.707. The van der Waals surface area contributed by atoms with Crippen molar-refractivity contribution in [2.24, 2.45) is 23.7 Å². The first-order valence-corrected chi connectivity index (χ1v) is 6.70. The molecule has 0 N–H and O–H groups in total. The second-order valence-electron chi connectivity index (χ2n) is 5.73. The lowest BCUT2D eigenvalue weighted by Crippen LogP contribution is -2.32. The fraction of sp³-hybridized carbons (Fsp3) is 0.467. The number of carbonyl (C=O) groups is 2. The Kier molecular flexibility index (Phi) is 1.97. The maximum Gasteiger partial charge on any atom is 0.237 e. The number of amides is 2. The summed E-state index contributed by atoms with van der Waals surface area (Å²) in [7, 11) is 0. The molecule has 92 valence electrons. The highest BCUT2D eigenvalue weighted by molar-refractivity contribution is 6.22. The van der Waals surface area contributed by atoms with Crippen LogP contribution >= 0.6 is 0 Å². The highest BCUT2D eigenvalue weighted by Crippen LogP contribution is 2.56. The van der Waals surface area contributed by atoms with Gasteiger partial charge in [-0.1, -0.05) is 18.2 Å². The van der Waals surface area contributed by atoms with E-state index in [0.717, 1.165) is 24.9 Å². The van der Waals surface area contributed by atoms with E-state index in [0.29, 0.717) is 11.8 Å². The van der Waals surface area contributed by atoms with Crippen molar-refractivity contribution in [2.75, 3.05) is 4.90 Å². The van der Waals surface area contributed by atoms with Crippen LogP contribution in [0.15, 0.2) is 30.3 Å². The third-order valence-corrected chi connectivity index (χ3v) is 4.94. The van der Waals surface area contributed by atoms with Gasteiger partial charge in [-0.25, -0.2) is 0 Å². The number of rotatable bonds is 1. The number of hydrogen-bond donors (Lipinski definition) is 0. The Labute approximate surface area is 106 Å². The van der Waals surface area contributed by atoms with Gasteiger partial charge in [-0.2, -0.15) is 0 Å². The molecule has 0 unspecified atom stereocenters. The molecule has 3 fully saturated rings. The first kappa shape index (κ1) is 10.3. The molecule has 1 heterocycles. The van der Waals surface area contributed by atoms with E-state index in [9.17, 15) is 9.59 Å². The molecular weight excluding hydrogens is 226 g/mol. The Morgan fingerprint density at radius 2 is 1.44 bits per heavy atom. The molecule has 3 aliphatic rings. The second kappa shape index (κ2) is 3.44. The molecule has 18 heavy (non-hydrogen) atoms. The molecule has 2 saturated carbocycles. The fourth-order valence-electron chi connectivity index (χ4n) is 4.24. The summed E-state index contributed by atoms with van der Waals surface area (Å²) in [5, 5.41) is 0. The summed E-state index contributed by atoms with van der Waals surface area (Å²) in [6, 6.07) is 9.34. The third kappa shape index (κ3) is 1.14. The minimum Gasteiger partial charge on any atom is -0.274 e. The van der Waals surface area contributed by atoms with Crippen LogP contribution in [-0.4, -0.2) is 11.8 Å². The van der Waals surface area contributed by atoms with E-state index in [-0.39, 0.29) is 23.7 Å². The zero-order valence-electron chi connectivity index (χ0n) is 10.1. The van der Waals surface area contributed by atoms with Gasteiger partial charge in [0, 0.05) is 0 Å². The summed E-state index contributed by atoms with van der Waals surface area (Å²) in [5.74, 6) is 0.982. The van der Waals surface area contributed by atoms with Crippen molar-refractivity contribution in [1.82, 2.24) is 0 Å². The van der Waals surface area contributed by atoms with E-state index in [1.807, 2.05) is 30.3 Å². The smallest absolute Gasteiger partial charge is 0.237 e. The van der Waals surface area contributed by atoms with Crippen LogP contribution in [-0.2, 0) is 9.59 Å². The molecule has 0 spiro atoms. The van der Waals surface area contributed by atoms with Gasteiger partial charge in [-0.05, 0) is 43.2 Å². The third-order valence-electron chi connectivity index (χ3n) is 4.94. The van der Waals surface area contributed by atoms with Crippen LogP contribution in [0, 0.1) is 23.7 Å². The summed E-state index contributed by atoms with van der Waals surface area (Å²) in [4.78, 5) is 26.4. The average Bonchev–Trinajstić information content (AvgIpc) is 3.05. The van der Waals surface area contributed by atoms with Gasteiger partial charge in [0.2, 0.25) is 11.8 Å². The number of anilines is 1. The molecule has 2 aliphatic carbocycles. The van der Waals surface area contributed by atoms with Crippen LogP contribution in [0.5, 0.6) is 0 Å². The number of carbonyl (C=O) groups excluding carboxylic acids is 2. The van der Waals surface area contributed by atoms with Crippen molar-refractivity contribution < 1.29 is 9.59 Å². The van der Waals surface area contributed by atoms with Gasteiger partial charge in [-0.3, -0.25) is 14.5 Å². The van der Waals surface area contributed by atoms with Gasteiger partial charge in [0.1, 0.15) is 0 Å². The lowest BCUT2D eigenvalue weighted by Gasteiger charge is -2.19. The van der Waals surface area contributed by atoms with Crippen LogP contribution < -0.4 is 4.90 Å². The largest absolute Gasteiger partial charge is 0.274 e. The topological polar surface area (TPSA) is 37.4 Å². The normalized spacial score (nSPS) is 37.4. The molecule has 2 bridgehead atoms. The van der Waals surface area contributed by atoms with E-state index in [2.05, 4.69) is 0 Å². The standard InChI is InChI=1S/C15H15NO2/c17-14-12-9-6-7-10(8-9)13(12)15(18)16(14)11-4-2-1-3-5-11/h1-5,9-10,12-13H,6-8H2/t9-,10-,12-,13-/m0/s1. The number of nitrogens with zero attached hydrogens (tertiary/aromatic N) is 1. The molecule has 3 nitrogen and oxygen atoms in total. The van der Waals surface area contributed by atoms with Crippen LogP contribution in [0.1, 0.15) is 19.3 Å². The molecule has 2 amide bonds. The van der Waals surface area contributed by atoms with Crippen molar-refractivity contribution in [2.45, 2.75) is 19.3 Å². The Bertz CT molecular complexity index is 497. The van der Waals surface area contributed by atoms with E-state index in [1.54, 1.807) is 0 Å². The SMILES string of the molecule is O=C1[C@H]2[C@H]3CC[C@@H](C3)[C@@H]2C(=O)N1c1ccccc1. The zero-order valence-corrected chi connectivity index (χ0v) is 10.1. The Balaban J connectivity index is 1.76. The monoisotopic (exact) mass is 241 g/mol. The lowest BCUT2D eigenvalue weighted by molar-refractivity contribution is -0.123. The van der Waals surface area contributed by atoms with Gasteiger partial charge < -0.3 is 0 Å². The predicted molar refractivity (Wildman–Crippen MR) is 66.7 cm³/mol. The van der Waals surface area contributed by atoms with Crippen molar-refractivity contribution in [3.05, 3.63) is 30.3 Å². The van der Waals surface area contributed by atoms with E-state index < -0.39 is 0 Å². The van der Waals surface area contributed by atoms with Crippen LogP contribution in [0.25, 0.3) is 0 Å². The predicted octanol–water partition coefficient (Wildman–Crippen LogP) is 2.22. The average molecular weight is 241 g/mol. The molecule has 4 atom stereocenters. The van der Waals surface area contributed by atoms with Crippen LogP contribution in [0.4, 0.5) is 5.69 Å². The first-order valence-electron chi connectivity index (χ1n) is 6.70. The van der Waals surface area contributed by atoms with E-state index in [1.165, 1.54) is 4.90 Å². The Hall–Kier alpha value is -1.64. The Morgan fingerprint density at radius 3 is 2.00 bits per heavy atom. The van der Waals surface area contributed by atoms with Crippen molar-refractivity contribution in [1.29, 1.82) is 0 Å². The molecule has 1 aromatic carbocycles. The van der Waals surface area contributed by atoms with Gasteiger partial charge in [-0.15, -0.1) is 0 Å². The molecule has 1 aliphatic heterocycles. The van der Waals surface area contributed by atoms with Gasteiger partial charge in [0.15, 0.2) is 0 Å². The lowest BCUT2D eigenvalue weighted by atomic mass is 9.81. The molecule has 4 rings (SSSR count). The highest BCUT2D eigenvalue weighted by atomic mass is 16.2. The molecule has 0 aromatic heterocycles. The number of benzene rings is 1. The summed E-state index contributed by atoms with van der Waals surface area (Å²) in [5.41, 5.74) is 0.737. The molecular formula is C15H15NO2. The van der Waals surface area contributed by atoms with Gasteiger partial charge >= 0.3 is 0 Å². The van der Waals surface area contributed by atoms with Crippen molar-refractivity contribution >= 4 is 17.5 Å². The van der Waals surface area contributed by atoms with Crippen LogP contribution in [0.2, 0.25) is 0 Å². The number of hydrogen-bond acceptors (Lipinski definition) is 2. The molecule has 1 saturated heterocycles. The van der Waals surface area contributed by atoms with E-state index >= 15 is 0 Å². The first-order chi connectivity index (χ1) is 8.77. The number of para-hydroxylation sites is 1.